The molecular weight excluding hydrogens is 144 g/mol. The molecule has 3 nitrogen and oxygen atoms in total. The van der Waals surface area contributed by atoms with Crippen LogP contribution >= 0.6 is 0 Å². The molecule has 0 amide bonds. The van der Waals surface area contributed by atoms with E-state index in [9.17, 15) is 0 Å². The standard InChI is InChI=1S/C8H14O3/c1-3-7(9)5-11-6-8(10)4-2/h3-4,9-10H,5-6H2,1-2H3. The monoisotopic (exact) mass is 158 g/mol. The van der Waals surface area contributed by atoms with Crippen molar-refractivity contribution in [3.8, 4) is 0 Å². The minimum atomic E-state index is 0.147. The predicted molar refractivity (Wildman–Crippen MR) is 43.6 cm³/mol. The molecule has 0 fully saturated rings. The average Bonchev–Trinajstić information content (AvgIpc) is 2.04. The highest BCUT2D eigenvalue weighted by molar-refractivity contribution is 4.90. The molecule has 0 atom stereocenters. The Kier molecular flexibility index (Phi) is 5.29. The van der Waals surface area contributed by atoms with Gasteiger partial charge in [-0.05, 0) is 26.0 Å². The fourth-order valence-electron chi connectivity index (χ4n) is 0.427. The lowest BCUT2D eigenvalue weighted by Crippen LogP contribution is -2.01. The van der Waals surface area contributed by atoms with Crippen molar-refractivity contribution in [2.45, 2.75) is 13.8 Å². The molecule has 0 aromatic rings. The van der Waals surface area contributed by atoms with Gasteiger partial charge < -0.3 is 14.9 Å². The van der Waals surface area contributed by atoms with Gasteiger partial charge in [0.05, 0.1) is 0 Å². The zero-order chi connectivity index (χ0) is 8.69. The smallest absolute Gasteiger partial charge is 0.114 e. The van der Waals surface area contributed by atoms with E-state index in [0.29, 0.717) is 0 Å². The normalized spacial score (nSPS) is 13.6. The molecule has 0 unspecified atom stereocenters. The Bertz CT molecular complexity index is 141. The van der Waals surface area contributed by atoms with Gasteiger partial charge in [0, 0.05) is 0 Å². The molecule has 3 heteroatoms. The van der Waals surface area contributed by atoms with E-state index in [1.165, 1.54) is 0 Å². The van der Waals surface area contributed by atoms with Crippen LogP contribution in [0.4, 0.5) is 0 Å². The van der Waals surface area contributed by atoms with Crippen LogP contribution in [0.5, 0.6) is 0 Å². The summed E-state index contributed by atoms with van der Waals surface area (Å²) in [6, 6.07) is 0. The van der Waals surface area contributed by atoms with Crippen molar-refractivity contribution >= 4 is 0 Å². The number of rotatable bonds is 4. The molecule has 0 aromatic carbocycles. The molecule has 2 N–H and O–H groups in total. The van der Waals surface area contributed by atoms with Crippen molar-refractivity contribution in [1.82, 2.24) is 0 Å². The zero-order valence-electron chi connectivity index (χ0n) is 6.87. The summed E-state index contributed by atoms with van der Waals surface area (Å²) in [5.41, 5.74) is 0. The number of aliphatic hydroxyl groups is 2. The minimum Gasteiger partial charge on any atom is -0.510 e. The highest BCUT2D eigenvalue weighted by Gasteiger charge is 1.93. The maximum atomic E-state index is 8.88. The first-order chi connectivity index (χ1) is 5.20. The second-order valence-electron chi connectivity index (χ2n) is 2.05. The van der Waals surface area contributed by atoms with Crippen molar-refractivity contribution in [3.63, 3.8) is 0 Å². The molecule has 11 heavy (non-hydrogen) atoms. The Balaban J connectivity index is 3.43. The van der Waals surface area contributed by atoms with E-state index in [2.05, 4.69) is 0 Å². The van der Waals surface area contributed by atoms with E-state index in [1.807, 2.05) is 0 Å². The lowest BCUT2D eigenvalue weighted by molar-refractivity contribution is 0.122. The molecule has 0 spiro atoms. The van der Waals surface area contributed by atoms with Crippen LogP contribution in [0.2, 0.25) is 0 Å². The van der Waals surface area contributed by atoms with E-state index in [4.69, 9.17) is 14.9 Å². The maximum Gasteiger partial charge on any atom is 0.114 e. The van der Waals surface area contributed by atoms with Gasteiger partial charge in [-0.1, -0.05) is 0 Å². The number of aliphatic hydroxyl groups excluding tert-OH is 2. The molecule has 0 aliphatic heterocycles. The number of ether oxygens (including phenoxy) is 1. The number of hydrogen-bond acceptors (Lipinski definition) is 3. The van der Waals surface area contributed by atoms with E-state index < -0.39 is 0 Å². The first kappa shape index (κ1) is 10.0. The third-order valence-electron chi connectivity index (χ3n) is 1.17. The van der Waals surface area contributed by atoms with Gasteiger partial charge in [0.25, 0.3) is 0 Å². The van der Waals surface area contributed by atoms with Crippen LogP contribution in [-0.2, 0) is 4.74 Å². The Morgan fingerprint density at radius 1 is 1.09 bits per heavy atom. The van der Waals surface area contributed by atoms with Crippen LogP contribution in [0.1, 0.15) is 13.8 Å². The summed E-state index contributed by atoms with van der Waals surface area (Å²) in [6.45, 7) is 3.73. The molecule has 0 aromatic heterocycles. The lowest BCUT2D eigenvalue weighted by Gasteiger charge is -2.01. The topological polar surface area (TPSA) is 49.7 Å². The fraction of sp³-hybridized carbons (Fsp3) is 0.500. The second-order valence-corrected chi connectivity index (χ2v) is 2.05. The van der Waals surface area contributed by atoms with Crippen LogP contribution in [0.25, 0.3) is 0 Å². The second kappa shape index (κ2) is 5.80. The minimum absolute atomic E-state index is 0.147. The SMILES string of the molecule is CC=C(O)COCC(O)=CC. The van der Waals surface area contributed by atoms with Gasteiger partial charge in [0.15, 0.2) is 0 Å². The molecule has 0 aliphatic carbocycles. The lowest BCUT2D eigenvalue weighted by atomic mass is 10.5. The van der Waals surface area contributed by atoms with E-state index in [1.54, 1.807) is 26.0 Å². The number of hydrogen-bond donors (Lipinski definition) is 2. The zero-order valence-corrected chi connectivity index (χ0v) is 6.87. The molecule has 0 saturated heterocycles. The molecule has 0 saturated carbocycles. The first-order valence-corrected chi connectivity index (χ1v) is 3.46. The van der Waals surface area contributed by atoms with Crippen LogP contribution in [0.3, 0.4) is 0 Å². The molecule has 0 aliphatic rings. The maximum absolute atomic E-state index is 8.88. The highest BCUT2D eigenvalue weighted by Crippen LogP contribution is 1.93. The third kappa shape index (κ3) is 5.48. The van der Waals surface area contributed by atoms with Crippen molar-refractivity contribution in [2.24, 2.45) is 0 Å². The molecule has 0 heterocycles. The molecule has 0 bridgehead atoms. The summed E-state index contributed by atoms with van der Waals surface area (Å²) in [5.74, 6) is 0.350. The van der Waals surface area contributed by atoms with E-state index in [0.717, 1.165) is 0 Å². The summed E-state index contributed by atoms with van der Waals surface area (Å²) in [7, 11) is 0. The van der Waals surface area contributed by atoms with Gasteiger partial charge >= 0.3 is 0 Å². The van der Waals surface area contributed by atoms with Crippen molar-refractivity contribution < 1.29 is 14.9 Å². The van der Waals surface area contributed by atoms with Crippen LogP contribution in [0.15, 0.2) is 23.7 Å². The Labute approximate surface area is 66.6 Å². The van der Waals surface area contributed by atoms with Gasteiger partial charge in [0.1, 0.15) is 24.7 Å². The highest BCUT2D eigenvalue weighted by atomic mass is 16.5. The summed E-state index contributed by atoms with van der Waals surface area (Å²) >= 11 is 0. The molecule has 64 valence electrons. The van der Waals surface area contributed by atoms with Crippen molar-refractivity contribution in [3.05, 3.63) is 23.7 Å². The van der Waals surface area contributed by atoms with Crippen LogP contribution < -0.4 is 0 Å². The van der Waals surface area contributed by atoms with Gasteiger partial charge in [-0.25, -0.2) is 0 Å². The van der Waals surface area contributed by atoms with Gasteiger partial charge in [-0.2, -0.15) is 0 Å². The Morgan fingerprint density at radius 3 is 1.73 bits per heavy atom. The summed E-state index contributed by atoms with van der Waals surface area (Å²) in [6.07, 6.45) is 3.10. The number of allylic oxidation sites excluding steroid dienone is 2. The Hall–Kier alpha value is -0.960. The van der Waals surface area contributed by atoms with Crippen LogP contribution in [0, 0.1) is 0 Å². The van der Waals surface area contributed by atoms with Gasteiger partial charge in [-0.3, -0.25) is 0 Å². The van der Waals surface area contributed by atoms with E-state index in [-0.39, 0.29) is 24.7 Å². The molecule has 0 radical (unpaired) electrons. The predicted octanol–water partition coefficient (Wildman–Crippen LogP) is 1.93. The quantitative estimate of drug-likeness (QED) is 0.614. The summed E-state index contributed by atoms with van der Waals surface area (Å²) < 4.78 is 4.90. The van der Waals surface area contributed by atoms with Gasteiger partial charge in [0.2, 0.25) is 0 Å². The average molecular weight is 158 g/mol. The van der Waals surface area contributed by atoms with Crippen molar-refractivity contribution in [1.29, 1.82) is 0 Å². The van der Waals surface area contributed by atoms with Crippen molar-refractivity contribution in [2.75, 3.05) is 13.2 Å². The summed E-state index contributed by atoms with van der Waals surface area (Å²) in [5, 5.41) is 17.8. The molecule has 0 rings (SSSR count). The molecular formula is C8H14O3. The fourth-order valence-corrected chi connectivity index (χ4v) is 0.427. The first-order valence-electron chi connectivity index (χ1n) is 3.46. The van der Waals surface area contributed by atoms with Gasteiger partial charge in [-0.15, -0.1) is 0 Å². The van der Waals surface area contributed by atoms with E-state index >= 15 is 0 Å². The van der Waals surface area contributed by atoms with Crippen LogP contribution in [-0.4, -0.2) is 23.4 Å². The Morgan fingerprint density at radius 2 is 1.45 bits per heavy atom. The largest absolute Gasteiger partial charge is 0.510 e. The third-order valence-corrected chi connectivity index (χ3v) is 1.17. The summed E-state index contributed by atoms with van der Waals surface area (Å²) in [4.78, 5) is 0.